The van der Waals surface area contributed by atoms with Crippen LogP contribution in [0.25, 0.3) is 11.3 Å². The van der Waals surface area contributed by atoms with Crippen molar-refractivity contribution in [1.82, 2.24) is 19.3 Å². The molecule has 4 heterocycles. The maximum Gasteiger partial charge on any atom is 0.259 e. The molecule has 1 atom stereocenters. The lowest BCUT2D eigenvalue weighted by atomic mass is 9.89. The van der Waals surface area contributed by atoms with E-state index in [2.05, 4.69) is 60.1 Å². The highest BCUT2D eigenvalue weighted by Gasteiger charge is 2.33. The van der Waals surface area contributed by atoms with Crippen molar-refractivity contribution in [3.63, 3.8) is 0 Å². The van der Waals surface area contributed by atoms with Crippen LogP contribution in [0.4, 0.5) is 11.4 Å². The Morgan fingerprint density at radius 3 is 2.29 bits per heavy atom. The third kappa shape index (κ3) is 8.75. The van der Waals surface area contributed by atoms with E-state index in [1.165, 1.54) is 5.56 Å². The first-order chi connectivity index (χ1) is 28.0. The van der Waals surface area contributed by atoms with E-state index in [9.17, 15) is 14.7 Å². The lowest BCUT2D eigenvalue weighted by molar-refractivity contribution is -0.131. The Morgan fingerprint density at radius 2 is 1.54 bits per heavy atom. The number of anilines is 2. The summed E-state index contributed by atoms with van der Waals surface area (Å²) in [5, 5.41) is 13.3. The Balaban J connectivity index is 0.00000528. The average Bonchev–Trinajstić information content (AvgIpc) is 3.62. The van der Waals surface area contributed by atoms with Gasteiger partial charge in [-0.2, -0.15) is 0 Å². The number of phenols is 1. The molecular formula is C48H55ClN6O4. The van der Waals surface area contributed by atoms with Gasteiger partial charge in [0.25, 0.3) is 11.8 Å². The molecule has 0 aliphatic carbocycles. The summed E-state index contributed by atoms with van der Waals surface area (Å²) in [6.07, 6.45) is 4.50. The van der Waals surface area contributed by atoms with E-state index in [-0.39, 0.29) is 41.9 Å². The van der Waals surface area contributed by atoms with Crippen LogP contribution in [0.3, 0.4) is 0 Å². The third-order valence-electron chi connectivity index (χ3n) is 12.2. The number of aromatic nitrogens is 1. The van der Waals surface area contributed by atoms with Crippen LogP contribution >= 0.6 is 12.4 Å². The number of hydrogen-bond acceptors (Lipinski definition) is 6. The van der Waals surface area contributed by atoms with Gasteiger partial charge in [0.05, 0.1) is 12.0 Å². The standard InChI is InChI=1S/C48H54N6O4.ClH/c1-32-25-34-9-5-6-10-36(34)31-54(32)48(58)42-28-37-30-52(46(56)26-33-12-14-38(15-13-33)49-21-24-50(2)3)23-20-35(37)27-41(42)45-29-43(44-11-7-8-22-53(44)45)47(57)51(4)39-16-18-40(55)19-17-39;/h5-6,9-10,12-19,27-29,32,49,55H,7-8,11,20-26,30-31H2,1-4H3;1H/t32-;/m1./s1. The fraction of sp³-hybridized carbons (Fsp3) is 0.354. The number of nitrogens with one attached hydrogen (secondary N) is 1. The van der Waals surface area contributed by atoms with Gasteiger partial charge in [0.2, 0.25) is 5.91 Å². The van der Waals surface area contributed by atoms with Crippen molar-refractivity contribution in [2.75, 3.05) is 51.0 Å². The highest BCUT2D eigenvalue weighted by molar-refractivity contribution is 6.08. The summed E-state index contributed by atoms with van der Waals surface area (Å²) in [5.41, 5.74) is 11.2. The summed E-state index contributed by atoms with van der Waals surface area (Å²) >= 11 is 0. The second kappa shape index (κ2) is 17.7. The number of amides is 3. The fourth-order valence-corrected chi connectivity index (χ4v) is 8.83. The normalized spacial score (nSPS) is 15.8. The van der Waals surface area contributed by atoms with Crippen molar-refractivity contribution in [2.24, 2.45) is 0 Å². The van der Waals surface area contributed by atoms with Gasteiger partial charge in [0.15, 0.2) is 0 Å². The molecule has 10 nitrogen and oxygen atoms in total. The topological polar surface area (TPSA) is 101 Å². The first-order valence-corrected chi connectivity index (χ1v) is 20.6. The number of fused-ring (bicyclic) bond motifs is 3. The number of hydrogen-bond donors (Lipinski definition) is 2. The van der Waals surface area contributed by atoms with Crippen LogP contribution in [0.5, 0.6) is 5.75 Å². The summed E-state index contributed by atoms with van der Waals surface area (Å²) in [6.45, 7) is 6.21. The van der Waals surface area contributed by atoms with Crippen molar-refractivity contribution in [3.8, 4) is 17.0 Å². The van der Waals surface area contributed by atoms with Crippen LogP contribution in [0.15, 0.2) is 91.0 Å². The van der Waals surface area contributed by atoms with E-state index in [4.69, 9.17) is 0 Å². The number of phenolic OH excluding ortho intramolecular Hbond substituents is 1. The molecule has 3 amide bonds. The van der Waals surface area contributed by atoms with Crippen molar-refractivity contribution in [2.45, 2.75) is 71.1 Å². The van der Waals surface area contributed by atoms with Gasteiger partial charge in [-0.3, -0.25) is 14.4 Å². The SMILES string of the molecule is C[C@@H]1Cc2ccccc2CN1C(=O)c1cc2c(cc1-c1cc(C(=O)N(C)c3ccc(O)cc3)c3n1CCCC3)CCN(C(=O)Cc1ccc(NCCN(C)C)cc1)C2.Cl. The zero-order chi connectivity index (χ0) is 40.5. The second-order valence-electron chi connectivity index (χ2n) is 16.5. The first kappa shape index (κ1) is 41.6. The molecule has 11 heteroatoms. The van der Waals surface area contributed by atoms with Gasteiger partial charge in [0.1, 0.15) is 5.75 Å². The molecule has 5 aromatic rings. The Morgan fingerprint density at radius 1 is 0.797 bits per heavy atom. The maximum absolute atomic E-state index is 15.0. The number of carbonyl (C=O) groups is 3. The minimum Gasteiger partial charge on any atom is -0.508 e. The van der Waals surface area contributed by atoms with Gasteiger partial charge in [0, 0.05) is 86.2 Å². The Labute approximate surface area is 353 Å². The van der Waals surface area contributed by atoms with Gasteiger partial charge in [-0.25, -0.2) is 0 Å². The summed E-state index contributed by atoms with van der Waals surface area (Å²) in [5.74, 6) is 0.0479. The third-order valence-corrected chi connectivity index (χ3v) is 12.2. The van der Waals surface area contributed by atoms with Crippen LogP contribution in [-0.4, -0.2) is 88.9 Å². The number of aromatic hydroxyl groups is 1. The molecule has 59 heavy (non-hydrogen) atoms. The number of halogens is 1. The molecule has 2 N–H and O–H groups in total. The van der Waals surface area contributed by atoms with E-state index in [0.29, 0.717) is 49.3 Å². The lowest BCUT2D eigenvalue weighted by Crippen LogP contribution is -2.43. The van der Waals surface area contributed by atoms with Gasteiger partial charge < -0.3 is 34.6 Å². The zero-order valence-electron chi connectivity index (χ0n) is 34.5. The summed E-state index contributed by atoms with van der Waals surface area (Å²) in [6, 6.07) is 29.3. The Hall–Kier alpha value is -5.58. The fourth-order valence-electron chi connectivity index (χ4n) is 8.83. The number of benzene rings is 4. The van der Waals surface area contributed by atoms with Crippen molar-refractivity contribution >= 4 is 41.5 Å². The van der Waals surface area contributed by atoms with Crippen LogP contribution in [0.1, 0.15) is 74.0 Å². The maximum atomic E-state index is 15.0. The molecule has 3 aliphatic rings. The molecule has 0 radical (unpaired) electrons. The minimum atomic E-state index is -0.126. The summed E-state index contributed by atoms with van der Waals surface area (Å²) in [7, 11) is 5.87. The van der Waals surface area contributed by atoms with E-state index >= 15 is 4.79 Å². The Kier molecular flexibility index (Phi) is 12.5. The lowest BCUT2D eigenvalue weighted by Gasteiger charge is -2.36. The van der Waals surface area contributed by atoms with Crippen molar-refractivity contribution in [3.05, 3.63) is 136 Å². The number of nitrogens with zero attached hydrogens (tertiary/aromatic N) is 5. The summed E-state index contributed by atoms with van der Waals surface area (Å²) in [4.78, 5) is 50.8. The van der Waals surface area contributed by atoms with Crippen LogP contribution in [-0.2, 0) is 50.1 Å². The smallest absolute Gasteiger partial charge is 0.259 e. The van der Waals surface area contributed by atoms with E-state index in [1.54, 1.807) is 36.2 Å². The highest BCUT2D eigenvalue weighted by atomic mass is 35.5. The minimum absolute atomic E-state index is 0. The predicted molar refractivity (Wildman–Crippen MR) is 237 cm³/mol. The van der Waals surface area contributed by atoms with Gasteiger partial charge in [-0.05, 0) is 136 Å². The van der Waals surface area contributed by atoms with Crippen molar-refractivity contribution in [1.29, 1.82) is 0 Å². The molecule has 0 bridgehead atoms. The number of carbonyl (C=O) groups excluding carboxylic acids is 3. The first-order valence-electron chi connectivity index (χ1n) is 20.6. The summed E-state index contributed by atoms with van der Waals surface area (Å²) < 4.78 is 2.26. The molecule has 0 saturated carbocycles. The largest absolute Gasteiger partial charge is 0.508 e. The number of likely N-dealkylation sites (N-methyl/N-ethyl adjacent to an activating group) is 1. The zero-order valence-corrected chi connectivity index (χ0v) is 35.4. The molecule has 4 aromatic carbocycles. The molecule has 0 spiro atoms. The van der Waals surface area contributed by atoms with Crippen molar-refractivity contribution < 1.29 is 19.5 Å². The molecule has 1 aromatic heterocycles. The second-order valence-corrected chi connectivity index (χ2v) is 16.5. The number of rotatable bonds is 10. The van der Waals surface area contributed by atoms with E-state index < -0.39 is 0 Å². The van der Waals surface area contributed by atoms with E-state index in [1.807, 2.05) is 52.3 Å². The van der Waals surface area contributed by atoms with Crippen LogP contribution < -0.4 is 10.2 Å². The predicted octanol–water partition coefficient (Wildman–Crippen LogP) is 7.58. The van der Waals surface area contributed by atoms with Crippen LogP contribution in [0, 0.1) is 0 Å². The molecule has 0 saturated heterocycles. The monoisotopic (exact) mass is 814 g/mol. The molecule has 0 fully saturated rings. The molecule has 308 valence electrons. The van der Waals surface area contributed by atoms with Gasteiger partial charge in [-0.15, -0.1) is 12.4 Å². The molecule has 0 unspecified atom stereocenters. The van der Waals surface area contributed by atoms with Crippen LogP contribution in [0.2, 0.25) is 0 Å². The molecule has 8 rings (SSSR count). The molecule has 3 aliphatic heterocycles. The van der Waals surface area contributed by atoms with Gasteiger partial charge >= 0.3 is 0 Å². The highest BCUT2D eigenvalue weighted by Crippen LogP contribution is 2.38. The average molecular weight is 815 g/mol. The molecular weight excluding hydrogens is 760 g/mol. The quantitative estimate of drug-likeness (QED) is 0.151. The van der Waals surface area contributed by atoms with Gasteiger partial charge in [-0.1, -0.05) is 36.4 Å². The Bertz CT molecular complexity index is 2340. The van der Waals surface area contributed by atoms with E-state index in [0.717, 1.165) is 90.2 Å².